The number of hydrogen-bond acceptors (Lipinski definition) is 4. The number of aryl methyl sites for hydroxylation is 1. The molecular weight excluding hydrogens is 326 g/mol. The molecule has 2 aromatic rings. The topological polar surface area (TPSA) is 47.9 Å². The lowest BCUT2D eigenvalue weighted by Crippen LogP contribution is -2.14. The van der Waals surface area contributed by atoms with Crippen molar-refractivity contribution in [3.8, 4) is 5.75 Å². The molecule has 0 saturated heterocycles. The van der Waals surface area contributed by atoms with Crippen molar-refractivity contribution >= 4 is 11.7 Å². The van der Waals surface area contributed by atoms with Crippen LogP contribution in [0.25, 0.3) is 0 Å². The molecule has 0 radical (unpaired) electrons. The summed E-state index contributed by atoms with van der Waals surface area (Å²) in [6.45, 7) is 6.42. The second-order valence-electron chi connectivity index (χ2n) is 7.62. The van der Waals surface area contributed by atoms with Gasteiger partial charge in [0.25, 0.3) is 0 Å². The van der Waals surface area contributed by atoms with E-state index in [-0.39, 0.29) is 5.41 Å². The smallest absolute Gasteiger partial charge is 0.365 e. The maximum atomic E-state index is 12.3. The van der Waals surface area contributed by atoms with Gasteiger partial charge in [-0.25, -0.2) is 4.79 Å². The highest BCUT2D eigenvalue weighted by molar-refractivity contribution is 6.03. The minimum absolute atomic E-state index is 0.0511. The molecule has 1 aliphatic carbocycles. The summed E-state index contributed by atoms with van der Waals surface area (Å²) in [6.07, 6.45) is 2.76. The van der Waals surface area contributed by atoms with E-state index in [1.165, 1.54) is 11.1 Å². The summed E-state index contributed by atoms with van der Waals surface area (Å²) in [5, 5.41) is 4.15. The van der Waals surface area contributed by atoms with Gasteiger partial charge in [0.2, 0.25) is 0 Å². The number of methoxy groups -OCH3 is 1. The largest absolute Gasteiger partial charge is 0.497 e. The maximum Gasteiger partial charge on any atom is 0.365 e. The normalized spacial score (nSPS) is 15.5. The number of fused-ring (bicyclic) bond motifs is 1. The summed E-state index contributed by atoms with van der Waals surface area (Å²) in [6, 6.07) is 13.4. The first-order valence-corrected chi connectivity index (χ1v) is 8.94. The lowest BCUT2D eigenvalue weighted by Gasteiger charge is -2.19. The highest BCUT2D eigenvalue weighted by atomic mass is 16.7. The van der Waals surface area contributed by atoms with Gasteiger partial charge in [-0.3, -0.25) is 0 Å². The van der Waals surface area contributed by atoms with Crippen molar-refractivity contribution in [2.45, 2.75) is 45.4 Å². The Bertz CT molecular complexity index is 829. The monoisotopic (exact) mass is 351 g/mol. The fourth-order valence-electron chi connectivity index (χ4n) is 3.12. The molecule has 0 unspecified atom stereocenters. The fourth-order valence-corrected chi connectivity index (χ4v) is 3.12. The molecule has 0 fully saturated rings. The van der Waals surface area contributed by atoms with Crippen molar-refractivity contribution in [3.63, 3.8) is 0 Å². The zero-order valence-electron chi connectivity index (χ0n) is 15.8. The standard InChI is InChI=1S/C22H25NO3/c1-22(2,3)17-10-8-15(9-11-17)21(24)26-23-20-7-5-6-16-14-18(25-4)12-13-19(16)20/h8-14H,5-7H2,1-4H3/b23-20+. The lowest BCUT2D eigenvalue weighted by molar-refractivity contribution is 0.0515. The molecule has 0 atom stereocenters. The van der Waals surface area contributed by atoms with Crippen LogP contribution < -0.4 is 4.74 Å². The summed E-state index contributed by atoms with van der Waals surface area (Å²) in [5.74, 6) is 0.402. The van der Waals surface area contributed by atoms with Crippen LogP contribution >= 0.6 is 0 Å². The predicted octanol–water partition coefficient (Wildman–Crippen LogP) is 4.89. The first-order valence-electron chi connectivity index (χ1n) is 8.94. The molecule has 0 amide bonds. The molecule has 2 aromatic carbocycles. The fraction of sp³-hybridized carbons (Fsp3) is 0.364. The van der Waals surface area contributed by atoms with Crippen molar-refractivity contribution in [1.29, 1.82) is 0 Å². The van der Waals surface area contributed by atoms with Gasteiger partial charge in [-0.15, -0.1) is 0 Å². The quantitative estimate of drug-likeness (QED) is 0.584. The molecule has 0 spiro atoms. The molecule has 0 heterocycles. The van der Waals surface area contributed by atoms with E-state index in [0.717, 1.165) is 36.3 Å². The van der Waals surface area contributed by atoms with Gasteiger partial charge in [-0.1, -0.05) is 38.1 Å². The zero-order chi connectivity index (χ0) is 18.7. The summed E-state index contributed by atoms with van der Waals surface area (Å²) in [4.78, 5) is 17.5. The Labute approximate surface area is 154 Å². The van der Waals surface area contributed by atoms with Crippen LogP contribution in [0.3, 0.4) is 0 Å². The Balaban J connectivity index is 1.75. The van der Waals surface area contributed by atoms with Gasteiger partial charge in [0.05, 0.1) is 18.4 Å². The molecule has 136 valence electrons. The van der Waals surface area contributed by atoms with Crippen molar-refractivity contribution < 1.29 is 14.4 Å². The SMILES string of the molecule is COc1ccc2c(c1)CCC/C2=N\OC(=O)c1ccc(C(C)(C)C)cc1. The van der Waals surface area contributed by atoms with E-state index < -0.39 is 5.97 Å². The predicted molar refractivity (Wildman–Crippen MR) is 103 cm³/mol. The first kappa shape index (κ1) is 18.2. The van der Waals surface area contributed by atoms with E-state index in [9.17, 15) is 4.79 Å². The van der Waals surface area contributed by atoms with E-state index in [4.69, 9.17) is 9.57 Å². The zero-order valence-corrected chi connectivity index (χ0v) is 15.8. The highest BCUT2D eigenvalue weighted by Crippen LogP contribution is 2.26. The molecule has 0 bridgehead atoms. The molecule has 0 aliphatic heterocycles. The summed E-state index contributed by atoms with van der Waals surface area (Å²) >= 11 is 0. The van der Waals surface area contributed by atoms with Crippen LogP contribution in [0.2, 0.25) is 0 Å². The first-order chi connectivity index (χ1) is 12.4. The van der Waals surface area contributed by atoms with Gasteiger partial charge < -0.3 is 9.57 Å². The summed E-state index contributed by atoms with van der Waals surface area (Å²) in [7, 11) is 1.66. The number of carbonyl (C=O) groups is 1. The van der Waals surface area contributed by atoms with Crippen LogP contribution in [-0.4, -0.2) is 18.8 Å². The third-order valence-corrected chi connectivity index (χ3v) is 4.71. The number of ether oxygens (including phenoxy) is 1. The van der Waals surface area contributed by atoms with Crippen molar-refractivity contribution in [1.82, 2.24) is 0 Å². The number of nitrogens with zero attached hydrogens (tertiary/aromatic N) is 1. The molecule has 0 saturated carbocycles. The Kier molecular flexibility index (Phi) is 5.12. The van der Waals surface area contributed by atoms with Gasteiger partial charge in [-0.05, 0) is 66.1 Å². The van der Waals surface area contributed by atoms with Gasteiger partial charge >= 0.3 is 5.97 Å². The van der Waals surface area contributed by atoms with E-state index in [1.54, 1.807) is 19.2 Å². The van der Waals surface area contributed by atoms with Crippen molar-refractivity contribution in [2.75, 3.05) is 7.11 Å². The van der Waals surface area contributed by atoms with Gasteiger partial charge in [0, 0.05) is 5.56 Å². The number of benzene rings is 2. The van der Waals surface area contributed by atoms with E-state index in [2.05, 4.69) is 25.9 Å². The Hall–Kier alpha value is -2.62. The minimum atomic E-state index is -0.432. The number of oxime groups is 1. The maximum absolute atomic E-state index is 12.3. The van der Waals surface area contributed by atoms with Crippen molar-refractivity contribution in [2.24, 2.45) is 5.16 Å². The Morgan fingerprint density at radius 1 is 1.04 bits per heavy atom. The van der Waals surface area contributed by atoms with E-state index in [0.29, 0.717) is 5.56 Å². The number of carbonyl (C=O) groups excluding carboxylic acids is 1. The minimum Gasteiger partial charge on any atom is -0.497 e. The van der Waals surface area contributed by atoms with Gasteiger partial charge in [0.1, 0.15) is 5.75 Å². The van der Waals surface area contributed by atoms with Gasteiger partial charge in [0.15, 0.2) is 0 Å². The second-order valence-corrected chi connectivity index (χ2v) is 7.62. The molecule has 4 heteroatoms. The molecular formula is C22H25NO3. The molecule has 4 nitrogen and oxygen atoms in total. The lowest BCUT2D eigenvalue weighted by atomic mass is 9.87. The third-order valence-electron chi connectivity index (χ3n) is 4.71. The summed E-state index contributed by atoms with van der Waals surface area (Å²) in [5.41, 5.74) is 4.76. The van der Waals surface area contributed by atoms with Gasteiger partial charge in [-0.2, -0.15) is 0 Å². The second kappa shape index (κ2) is 7.32. The molecule has 1 aliphatic rings. The molecule has 26 heavy (non-hydrogen) atoms. The molecule has 0 aromatic heterocycles. The van der Waals surface area contributed by atoms with E-state index >= 15 is 0 Å². The van der Waals surface area contributed by atoms with Crippen LogP contribution in [0.5, 0.6) is 5.75 Å². The number of rotatable bonds is 3. The third kappa shape index (κ3) is 3.96. The summed E-state index contributed by atoms with van der Waals surface area (Å²) < 4.78 is 5.28. The van der Waals surface area contributed by atoms with Crippen LogP contribution in [-0.2, 0) is 16.7 Å². The Morgan fingerprint density at radius 3 is 2.42 bits per heavy atom. The average Bonchev–Trinajstić information content (AvgIpc) is 2.64. The Morgan fingerprint density at radius 2 is 1.77 bits per heavy atom. The van der Waals surface area contributed by atoms with Crippen LogP contribution in [0, 0.1) is 0 Å². The highest BCUT2D eigenvalue weighted by Gasteiger charge is 2.18. The van der Waals surface area contributed by atoms with E-state index in [1.807, 2.05) is 30.3 Å². The van der Waals surface area contributed by atoms with Crippen LogP contribution in [0.1, 0.15) is 60.7 Å². The van der Waals surface area contributed by atoms with Crippen molar-refractivity contribution in [3.05, 3.63) is 64.7 Å². The van der Waals surface area contributed by atoms with Crippen LogP contribution in [0.4, 0.5) is 0 Å². The average molecular weight is 351 g/mol. The van der Waals surface area contributed by atoms with Crippen LogP contribution in [0.15, 0.2) is 47.6 Å². The molecule has 0 N–H and O–H groups in total. The number of hydrogen-bond donors (Lipinski definition) is 0. The molecule has 3 rings (SSSR count).